The summed E-state index contributed by atoms with van der Waals surface area (Å²) < 4.78 is 7.92. The topological polar surface area (TPSA) is 66.1 Å². The average Bonchev–Trinajstić information content (AvgIpc) is 3.21. The van der Waals surface area contributed by atoms with Crippen LogP contribution in [0.1, 0.15) is 42.9 Å². The Bertz CT molecular complexity index is 1180. The summed E-state index contributed by atoms with van der Waals surface area (Å²) in [5, 5.41) is 10.8. The predicted molar refractivity (Wildman–Crippen MR) is 127 cm³/mol. The van der Waals surface area contributed by atoms with Gasteiger partial charge in [-0.25, -0.2) is 4.98 Å². The van der Waals surface area contributed by atoms with Gasteiger partial charge in [-0.1, -0.05) is 13.8 Å². The molecule has 1 fully saturated rings. The highest BCUT2D eigenvalue weighted by Gasteiger charge is 2.27. The maximum absolute atomic E-state index is 10.8. The van der Waals surface area contributed by atoms with E-state index in [0.717, 1.165) is 60.9 Å². The summed E-state index contributed by atoms with van der Waals surface area (Å²) in [7, 11) is 0. The van der Waals surface area contributed by atoms with Crippen molar-refractivity contribution in [3.05, 3.63) is 53.2 Å². The molecule has 4 heterocycles. The Balaban J connectivity index is 1.44. The average molecular weight is 434 g/mol. The van der Waals surface area contributed by atoms with Gasteiger partial charge >= 0.3 is 0 Å². The molecule has 5 rings (SSSR count). The standard InChI is InChI=1S/C25H31N5O2/c1-5-19-14-29(10-9-28(19)6-2)20-8-7-18-11-21(25(31)32-23(18)12-20)22-15-30-13-16(3)26-17(4)24(30)27-22/h7-8,11-13,15,19,25,31H,5-6,9-10,14H2,1-4H3. The number of aliphatic hydroxyl groups excluding tert-OH is 1. The molecule has 1 N–H and O–H groups in total. The molecule has 7 nitrogen and oxygen atoms in total. The van der Waals surface area contributed by atoms with Crippen LogP contribution in [0.25, 0.3) is 17.3 Å². The van der Waals surface area contributed by atoms with E-state index in [4.69, 9.17) is 9.72 Å². The van der Waals surface area contributed by atoms with Gasteiger partial charge in [0.15, 0.2) is 5.65 Å². The van der Waals surface area contributed by atoms with E-state index in [1.807, 2.05) is 36.7 Å². The largest absolute Gasteiger partial charge is 0.460 e. The van der Waals surface area contributed by atoms with Crippen molar-refractivity contribution >= 4 is 23.0 Å². The fourth-order valence-corrected chi connectivity index (χ4v) is 4.94. The number of anilines is 1. The summed E-state index contributed by atoms with van der Waals surface area (Å²) in [5.41, 5.74) is 6.04. The monoisotopic (exact) mass is 433 g/mol. The minimum atomic E-state index is -1.06. The van der Waals surface area contributed by atoms with Crippen LogP contribution in [0.3, 0.4) is 0 Å². The van der Waals surface area contributed by atoms with Crippen molar-refractivity contribution in [2.45, 2.75) is 46.4 Å². The Hall–Kier alpha value is -2.90. The van der Waals surface area contributed by atoms with Gasteiger partial charge in [0.05, 0.1) is 17.1 Å². The Kier molecular flexibility index (Phi) is 5.39. The van der Waals surface area contributed by atoms with E-state index in [0.29, 0.717) is 23.1 Å². The fourth-order valence-electron chi connectivity index (χ4n) is 4.94. The van der Waals surface area contributed by atoms with Crippen LogP contribution in [-0.4, -0.2) is 62.9 Å². The lowest BCUT2D eigenvalue weighted by molar-refractivity contribution is 0.0318. The zero-order valence-corrected chi connectivity index (χ0v) is 19.2. The normalized spacial score (nSPS) is 21.4. The minimum absolute atomic E-state index is 0.569. The molecule has 2 aromatic heterocycles. The zero-order chi connectivity index (χ0) is 22.4. The summed E-state index contributed by atoms with van der Waals surface area (Å²) in [6.45, 7) is 12.6. The molecule has 7 heteroatoms. The van der Waals surface area contributed by atoms with Crippen molar-refractivity contribution in [3.8, 4) is 5.75 Å². The summed E-state index contributed by atoms with van der Waals surface area (Å²) in [6.07, 6.45) is 5.93. The molecule has 2 aliphatic rings. The van der Waals surface area contributed by atoms with Gasteiger partial charge in [0.2, 0.25) is 6.29 Å². The molecule has 0 radical (unpaired) electrons. The highest BCUT2D eigenvalue weighted by molar-refractivity contribution is 5.86. The molecule has 0 amide bonds. The van der Waals surface area contributed by atoms with Crippen LogP contribution in [0.2, 0.25) is 0 Å². The number of aliphatic hydroxyl groups is 1. The second kappa shape index (κ2) is 8.22. The van der Waals surface area contributed by atoms with Crippen LogP contribution in [0.15, 0.2) is 30.6 Å². The highest BCUT2D eigenvalue weighted by atomic mass is 16.6. The molecule has 32 heavy (non-hydrogen) atoms. The van der Waals surface area contributed by atoms with Gasteiger partial charge in [0, 0.05) is 61.0 Å². The van der Waals surface area contributed by atoms with Crippen LogP contribution in [-0.2, 0) is 0 Å². The van der Waals surface area contributed by atoms with E-state index < -0.39 is 6.29 Å². The van der Waals surface area contributed by atoms with Gasteiger partial charge in [0.25, 0.3) is 0 Å². The fraction of sp³-hybridized carbons (Fsp3) is 0.440. The Labute approximate surface area is 189 Å². The molecule has 2 aliphatic heterocycles. The molecule has 0 saturated carbocycles. The maximum Gasteiger partial charge on any atom is 0.226 e. The Morgan fingerprint density at radius 3 is 2.75 bits per heavy atom. The van der Waals surface area contributed by atoms with Crippen molar-refractivity contribution < 1.29 is 9.84 Å². The number of hydrogen-bond acceptors (Lipinski definition) is 6. The zero-order valence-electron chi connectivity index (χ0n) is 19.2. The van der Waals surface area contributed by atoms with Crippen LogP contribution < -0.4 is 9.64 Å². The summed E-state index contributed by atoms with van der Waals surface area (Å²) in [5.74, 6) is 0.710. The Morgan fingerprint density at radius 1 is 1.12 bits per heavy atom. The maximum atomic E-state index is 10.8. The summed E-state index contributed by atoms with van der Waals surface area (Å²) in [4.78, 5) is 14.2. The molecule has 0 bridgehead atoms. The summed E-state index contributed by atoms with van der Waals surface area (Å²) in [6, 6.07) is 6.86. The van der Waals surface area contributed by atoms with Crippen LogP contribution >= 0.6 is 0 Å². The number of fused-ring (bicyclic) bond motifs is 2. The lowest BCUT2D eigenvalue weighted by atomic mass is 10.0. The second-order valence-corrected chi connectivity index (χ2v) is 8.75. The third-order valence-electron chi connectivity index (χ3n) is 6.68. The third kappa shape index (κ3) is 3.65. The first-order valence-electron chi connectivity index (χ1n) is 11.5. The number of rotatable bonds is 4. The van der Waals surface area contributed by atoms with Crippen molar-refractivity contribution in [2.75, 3.05) is 31.1 Å². The molecular formula is C25H31N5O2. The summed E-state index contributed by atoms with van der Waals surface area (Å²) >= 11 is 0. The molecule has 0 spiro atoms. The smallest absolute Gasteiger partial charge is 0.226 e. The number of aromatic nitrogens is 3. The Morgan fingerprint density at radius 2 is 1.97 bits per heavy atom. The second-order valence-electron chi connectivity index (χ2n) is 8.75. The SMILES string of the molecule is CCC1CN(c2ccc3c(c2)OC(O)C(c2cn4cc(C)nc(C)c4n2)=C3)CCN1CC. The van der Waals surface area contributed by atoms with E-state index >= 15 is 0 Å². The number of ether oxygens (including phenoxy) is 1. The first kappa shape index (κ1) is 21.0. The quantitative estimate of drug-likeness (QED) is 0.679. The van der Waals surface area contributed by atoms with Gasteiger partial charge in [-0.2, -0.15) is 0 Å². The van der Waals surface area contributed by atoms with E-state index in [1.165, 1.54) is 0 Å². The number of piperazine rings is 1. The third-order valence-corrected chi connectivity index (χ3v) is 6.68. The molecule has 2 unspecified atom stereocenters. The molecule has 1 saturated heterocycles. The van der Waals surface area contributed by atoms with E-state index in [-0.39, 0.29) is 0 Å². The van der Waals surface area contributed by atoms with Crippen molar-refractivity contribution in [1.29, 1.82) is 0 Å². The number of aryl methyl sites for hydroxylation is 2. The first-order valence-corrected chi connectivity index (χ1v) is 11.5. The number of hydrogen-bond donors (Lipinski definition) is 1. The van der Waals surface area contributed by atoms with Gasteiger partial charge in [-0.05, 0) is 45.0 Å². The molecule has 168 valence electrons. The van der Waals surface area contributed by atoms with Crippen LogP contribution in [0, 0.1) is 13.8 Å². The molecule has 0 aliphatic carbocycles. The molecule has 3 aromatic rings. The van der Waals surface area contributed by atoms with E-state index in [9.17, 15) is 5.11 Å². The first-order chi connectivity index (χ1) is 15.5. The number of likely N-dealkylation sites (N-methyl/N-ethyl adjacent to an activating group) is 1. The highest BCUT2D eigenvalue weighted by Crippen LogP contribution is 2.36. The number of benzene rings is 1. The molecular weight excluding hydrogens is 402 g/mol. The van der Waals surface area contributed by atoms with Gasteiger partial charge < -0.3 is 19.1 Å². The van der Waals surface area contributed by atoms with Gasteiger partial charge in [-0.15, -0.1) is 0 Å². The number of imidazole rings is 1. The van der Waals surface area contributed by atoms with Crippen LogP contribution in [0.4, 0.5) is 5.69 Å². The predicted octanol–water partition coefficient (Wildman–Crippen LogP) is 3.52. The van der Waals surface area contributed by atoms with Gasteiger partial charge in [0.1, 0.15) is 5.75 Å². The lowest BCUT2D eigenvalue weighted by Gasteiger charge is -2.42. The lowest BCUT2D eigenvalue weighted by Crippen LogP contribution is -2.52. The van der Waals surface area contributed by atoms with Gasteiger partial charge in [-0.3, -0.25) is 9.88 Å². The number of nitrogens with zero attached hydrogens (tertiary/aromatic N) is 5. The van der Waals surface area contributed by atoms with Crippen molar-refractivity contribution in [3.63, 3.8) is 0 Å². The van der Waals surface area contributed by atoms with Crippen molar-refractivity contribution in [1.82, 2.24) is 19.3 Å². The molecule has 1 aromatic carbocycles. The van der Waals surface area contributed by atoms with Crippen molar-refractivity contribution in [2.24, 2.45) is 0 Å². The molecule has 2 atom stereocenters. The van der Waals surface area contributed by atoms with Crippen LogP contribution in [0.5, 0.6) is 5.75 Å². The minimum Gasteiger partial charge on any atom is -0.460 e. The van der Waals surface area contributed by atoms with E-state index in [1.54, 1.807) is 0 Å². The van der Waals surface area contributed by atoms with E-state index in [2.05, 4.69) is 46.8 Å².